The molecule has 0 atom stereocenters. The number of aryl methyl sites for hydroxylation is 4. The number of hydrogen-bond acceptors (Lipinski definition) is 4. The largest absolute Gasteiger partial charge is 0.297 e. The summed E-state index contributed by atoms with van der Waals surface area (Å²) in [5.74, 6) is 3.94. The molecule has 4 aliphatic rings. The molecule has 0 fully saturated rings. The first-order valence-corrected chi connectivity index (χ1v) is 22.9. The van der Waals surface area contributed by atoms with Crippen LogP contribution in [-0.4, -0.2) is 51.6 Å². The van der Waals surface area contributed by atoms with Crippen molar-refractivity contribution in [1.82, 2.24) is 38.2 Å². The van der Waals surface area contributed by atoms with Crippen LogP contribution in [0.2, 0.25) is 0 Å². The van der Waals surface area contributed by atoms with E-state index in [1.165, 1.54) is 83.2 Å². The molecule has 0 N–H and O–H groups in total. The monoisotopic (exact) mass is 842 g/mol. The predicted octanol–water partition coefficient (Wildman–Crippen LogP) is 7.56. The smallest absolute Gasteiger partial charge is 0.252 e. The highest BCUT2D eigenvalue weighted by Crippen LogP contribution is 2.40. The van der Waals surface area contributed by atoms with Crippen LogP contribution >= 0.6 is 0 Å². The van der Waals surface area contributed by atoms with Crippen LogP contribution < -0.4 is 32.8 Å². The van der Waals surface area contributed by atoms with E-state index in [2.05, 4.69) is 192 Å². The zero-order valence-corrected chi connectivity index (χ0v) is 36.6. The van der Waals surface area contributed by atoms with E-state index in [9.17, 15) is 0 Å². The molecule has 306 valence electrons. The van der Waals surface area contributed by atoms with Crippen molar-refractivity contribution in [1.29, 1.82) is 0 Å². The summed E-state index contributed by atoms with van der Waals surface area (Å²) in [5, 5.41) is 0. The molecule has 0 saturated heterocycles. The molecule has 10 heteroatoms. The Morgan fingerprint density at radius 1 is 0.303 bits per heavy atom. The number of rotatable bonds is 3. The molecule has 8 heterocycles. The number of para-hydroxylation sites is 4. The van der Waals surface area contributed by atoms with E-state index in [1.54, 1.807) is 0 Å². The molecule has 8 nitrogen and oxygen atoms in total. The molecule has 0 bridgehead atoms. The minimum Gasteiger partial charge on any atom is -0.297 e. The third-order valence-electron chi connectivity index (χ3n) is 15.3. The Kier molecular flexibility index (Phi) is 6.34. The van der Waals surface area contributed by atoms with Crippen LogP contribution in [0.4, 0.5) is 0 Å². The summed E-state index contributed by atoms with van der Waals surface area (Å²) in [6, 6.07) is 54.2. The summed E-state index contributed by atoms with van der Waals surface area (Å²) in [6.45, 7) is 8.68. The van der Waals surface area contributed by atoms with E-state index in [0.717, 1.165) is 73.2 Å². The SMILES string of the molecule is Cc1nc2cccc3c2n1-c1cc(-c2cc(-c4ccccc4)cc(-c4cc5c6c(c4)-n4c(C)nc7cccc(c74)B6c4cccc6nc(C)n-5c46)c2)cc2c1B3c1cccc3nc(C)n-2c13. The first-order valence-electron chi connectivity index (χ1n) is 22.9. The molecule has 4 aliphatic heterocycles. The average molecular weight is 843 g/mol. The Bertz CT molecular complexity index is 3780. The maximum atomic E-state index is 5.17. The predicted molar refractivity (Wildman–Crippen MR) is 270 cm³/mol. The van der Waals surface area contributed by atoms with Crippen LogP contribution in [0.3, 0.4) is 0 Å². The highest BCUT2D eigenvalue weighted by atomic mass is 15.1. The van der Waals surface area contributed by atoms with Crippen LogP contribution in [0, 0.1) is 27.7 Å². The standard InChI is InChI=1S/C56H36B2N8/c1-29-59-43-18-8-14-39-53(43)63(29)47-25-37(26-48-51(47)57(39)40-15-9-19-44-54(40)64(48)30(2)60-44)35-22-34(33-12-6-5-7-13-33)23-36(24-35)38-27-49-52-50(28-38)66-32(4)62-46-21-11-17-42(56(46)66)58(52)41-16-10-20-45-55(41)65(49)31(3)61-45/h5-28H,1-4H3. The van der Waals surface area contributed by atoms with E-state index in [0.29, 0.717) is 0 Å². The quantitative estimate of drug-likeness (QED) is 0.172. The third-order valence-corrected chi connectivity index (χ3v) is 15.3. The van der Waals surface area contributed by atoms with Gasteiger partial charge in [-0.2, -0.15) is 0 Å². The Hall–Kier alpha value is -8.23. The molecule has 12 aromatic rings. The highest BCUT2D eigenvalue weighted by molar-refractivity contribution is 7.01. The van der Waals surface area contributed by atoms with Crippen molar-refractivity contribution in [2.45, 2.75) is 27.7 Å². The van der Waals surface area contributed by atoms with Crippen molar-refractivity contribution >= 4 is 90.3 Å². The molecule has 0 saturated carbocycles. The van der Waals surface area contributed by atoms with Gasteiger partial charge in [0.25, 0.3) is 13.4 Å². The van der Waals surface area contributed by atoms with Crippen molar-refractivity contribution in [2.75, 3.05) is 0 Å². The van der Waals surface area contributed by atoms with Crippen LogP contribution in [0.5, 0.6) is 0 Å². The lowest BCUT2D eigenvalue weighted by Gasteiger charge is -2.34. The topological polar surface area (TPSA) is 71.3 Å². The number of nitrogens with zero attached hydrogens (tertiary/aromatic N) is 8. The van der Waals surface area contributed by atoms with Crippen LogP contribution in [0.1, 0.15) is 23.3 Å². The summed E-state index contributed by atoms with van der Waals surface area (Å²) >= 11 is 0. The second-order valence-corrected chi connectivity index (χ2v) is 18.7. The number of imidazole rings is 4. The van der Waals surface area contributed by atoms with E-state index < -0.39 is 0 Å². The van der Waals surface area contributed by atoms with Crippen molar-refractivity contribution in [3.63, 3.8) is 0 Å². The lowest BCUT2D eigenvalue weighted by molar-refractivity contribution is 0.981. The Balaban J connectivity index is 1.00. The summed E-state index contributed by atoms with van der Waals surface area (Å²) < 4.78 is 9.63. The van der Waals surface area contributed by atoms with E-state index in [-0.39, 0.29) is 13.4 Å². The zero-order valence-electron chi connectivity index (χ0n) is 36.6. The third kappa shape index (κ3) is 4.19. The second kappa shape index (κ2) is 11.9. The molecule has 0 amide bonds. The zero-order chi connectivity index (χ0) is 43.4. The maximum absolute atomic E-state index is 5.17. The van der Waals surface area contributed by atoms with Crippen LogP contribution in [0.25, 0.3) is 100 Å². The van der Waals surface area contributed by atoms with Gasteiger partial charge in [-0.25, -0.2) is 19.9 Å². The van der Waals surface area contributed by atoms with Gasteiger partial charge >= 0.3 is 0 Å². The summed E-state index contributed by atoms with van der Waals surface area (Å²) in [7, 11) is 0. The van der Waals surface area contributed by atoms with Crippen LogP contribution in [0.15, 0.2) is 146 Å². The van der Waals surface area contributed by atoms with E-state index in [4.69, 9.17) is 19.9 Å². The maximum Gasteiger partial charge on any atom is 0.252 e. The average Bonchev–Trinajstić information content (AvgIpc) is 4.08. The molecule has 66 heavy (non-hydrogen) atoms. The fourth-order valence-corrected chi connectivity index (χ4v) is 12.8. The summed E-state index contributed by atoms with van der Waals surface area (Å²) in [6.07, 6.45) is 0. The van der Waals surface area contributed by atoms with Gasteiger partial charge in [-0.3, -0.25) is 18.3 Å². The van der Waals surface area contributed by atoms with Gasteiger partial charge in [-0.15, -0.1) is 0 Å². The van der Waals surface area contributed by atoms with Gasteiger partial charge in [0.05, 0.1) is 44.1 Å². The molecule has 0 radical (unpaired) electrons. The number of aromatic nitrogens is 8. The van der Waals surface area contributed by atoms with Crippen molar-refractivity contribution < 1.29 is 0 Å². The molecule has 0 aliphatic carbocycles. The lowest BCUT2D eigenvalue weighted by atomic mass is 9.34. The Morgan fingerprint density at radius 2 is 0.591 bits per heavy atom. The minimum atomic E-state index is 0.0534. The lowest BCUT2D eigenvalue weighted by Crippen LogP contribution is -2.59. The van der Waals surface area contributed by atoms with Gasteiger partial charge in [0.1, 0.15) is 23.3 Å². The molecule has 0 spiro atoms. The number of fused-ring (bicyclic) bond motifs is 8. The van der Waals surface area contributed by atoms with Gasteiger partial charge in [0.15, 0.2) is 0 Å². The highest BCUT2D eigenvalue weighted by Gasteiger charge is 2.43. The molecule has 0 unspecified atom stereocenters. The fourth-order valence-electron chi connectivity index (χ4n) is 12.8. The van der Waals surface area contributed by atoms with Crippen molar-refractivity contribution in [3.8, 4) is 56.1 Å². The molecular weight excluding hydrogens is 806 g/mol. The van der Waals surface area contributed by atoms with Gasteiger partial charge in [0, 0.05) is 22.7 Å². The first kappa shape index (κ1) is 35.2. The van der Waals surface area contributed by atoms with Gasteiger partial charge in [0.2, 0.25) is 0 Å². The van der Waals surface area contributed by atoms with Gasteiger partial charge in [-0.1, -0.05) is 78.9 Å². The van der Waals surface area contributed by atoms with Gasteiger partial charge in [-0.05, 0) is 161 Å². The van der Waals surface area contributed by atoms with E-state index >= 15 is 0 Å². The molecular formula is C56H36B2N8. The molecule has 16 rings (SSSR count). The summed E-state index contributed by atoms with van der Waals surface area (Å²) in [4.78, 5) is 20.7. The van der Waals surface area contributed by atoms with Gasteiger partial charge < -0.3 is 0 Å². The van der Waals surface area contributed by atoms with Crippen molar-refractivity contribution in [3.05, 3.63) is 169 Å². The Morgan fingerprint density at radius 3 is 0.909 bits per heavy atom. The first-order chi connectivity index (χ1) is 32.4. The fraction of sp³-hybridized carbons (Fsp3) is 0.0714. The number of hydrogen-bond donors (Lipinski definition) is 0. The van der Waals surface area contributed by atoms with Crippen LogP contribution in [-0.2, 0) is 0 Å². The number of benzene rings is 8. The summed E-state index contributed by atoms with van der Waals surface area (Å²) in [5.41, 5.74) is 28.2. The normalized spacial score (nSPS) is 13.4. The van der Waals surface area contributed by atoms with Crippen molar-refractivity contribution in [2.24, 2.45) is 0 Å². The molecule has 4 aromatic heterocycles. The molecule has 8 aromatic carbocycles. The van der Waals surface area contributed by atoms with E-state index in [1.807, 2.05) is 0 Å². The second-order valence-electron chi connectivity index (χ2n) is 18.7. The Labute approximate surface area is 379 Å². The minimum absolute atomic E-state index is 0.0534.